The fourth-order valence-electron chi connectivity index (χ4n) is 1.78. The van der Waals surface area contributed by atoms with Gasteiger partial charge in [0.25, 0.3) is 0 Å². The molecule has 0 aliphatic carbocycles. The van der Waals surface area contributed by atoms with Crippen molar-refractivity contribution in [2.75, 3.05) is 13.1 Å². The minimum atomic E-state index is 0.232. The van der Waals surface area contributed by atoms with Gasteiger partial charge in [-0.15, -0.1) is 0 Å². The summed E-state index contributed by atoms with van der Waals surface area (Å²) in [6, 6.07) is 5.23. The van der Waals surface area contributed by atoms with Gasteiger partial charge in [-0.05, 0) is 42.8 Å². The van der Waals surface area contributed by atoms with Crippen LogP contribution in [0.2, 0.25) is 10.0 Å². The Hall–Kier alpha value is -0.570. The molecule has 0 saturated carbocycles. The first-order chi connectivity index (χ1) is 7.65. The van der Waals surface area contributed by atoms with Crippen molar-refractivity contribution in [1.82, 2.24) is 5.32 Å². The number of halogens is 2. The fourth-order valence-corrected chi connectivity index (χ4v) is 2.16. The number of ketones is 1. The lowest BCUT2D eigenvalue weighted by Crippen LogP contribution is -2.43. The minimum Gasteiger partial charge on any atom is -0.316 e. The van der Waals surface area contributed by atoms with Crippen LogP contribution in [0.5, 0.6) is 0 Å². The summed E-state index contributed by atoms with van der Waals surface area (Å²) in [5.74, 6) is 0.737. The molecule has 1 fully saturated rings. The van der Waals surface area contributed by atoms with Gasteiger partial charge in [0.15, 0.2) is 0 Å². The number of hydrogen-bond donors (Lipinski definition) is 1. The van der Waals surface area contributed by atoms with Crippen LogP contribution in [0.3, 0.4) is 0 Å². The number of benzene rings is 1. The minimum absolute atomic E-state index is 0.232. The van der Waals surface area contributed by atoms with Gasteiger partial charge in [-0.2, -0.15) is 0 Å². The van der Waals surface area contributed by atoms with Crippen molar-refractivity contribution in [3.05, 3.63) is 33.8 Å². The molecule has 0 unspecified atom stereocenters. The van der Waals surface area contributed by atoms with Crippen molar-refractivity contribution in [3.63, 3.8) is 0 Å². The number of nitrogens with one attached hydrogen (secondary N) is 1. The predicted octanol–water partition coefficient (Wildman–Crippen LogP) is 2.71. The fraction of sp³-hybridized carbons (Fsp3) is 0.417. The van der Waals surface area contributed by atoms with Gasteiger partial charge in [0.2, 0.25) is 0 Å². The summed E-state index contributed by atoms with van der Waals surface area (Å²) in [5.41, 5.74) is 0.825. The van der Waals surface area contributed by atoms with Gasteiger partial charge in [0, 0.05) is 22.9 Å². The summed E-state index contributed by atoms with van der Waals surface area (Å²) < 4.78 is 0. The van der Waals surface area contributed by atoms with Gasteiger partial charge in [-0.25, -0.2) is 0 Å². The molecule has 4 heteroatoms. The quantitative estimate of drug-likeness (QED) is 0.899. The van der Waals surface area contributed by atoms with Crippen LogP contribution >= 0.6 is 23.2 Å². The topological polar surface area (TPSA) is 29.1 Å². The highest BCUT2D eigenvalue weighted by atomic mass is 35.5. The molecule has 0 amide bonds. The largest absolute Gasteiger partial charge is 0.316 e. The third kappa shape index (κ3) is 2.97. The monoisotopic (exact) mass is 257 g/mol. The van der Waals surface area contributed by atoms with Crippen LogP contribution in [0, 0.1) is 5.92 Å². The smallest absolute Gasteiger partial charge is 0.137 e. The van der Waals surface area contributed by atoms with Crippen molar-refractivity contribution in [3.8, 4) is 0 Å². The highest BCUT2D eigenvalue weighted by molar-refractivity contribution is 6.33. The van der Waals surface area contributed by atoms with E-state index in [1.807, 2.05) is 0 Å². The van der Waals surface area contributed by atoms with Gasteiger partial charge in [0.1, 0.15) is 5.78 Å². The molecular formula is C12H13Cl2NO. The van der Waals surface area contributed by atoms with Crippen molar-refractivity contribution in [2.24, 2.45) is 5.92 Å². The maximum absolute atomic E-state index is 11.7. The Balaban J connectivity index is 1.96. The van der Waals surface area contributed by atoms with Crippen molar-refractivity contribution in [2.45, 2.75) is 12.8 Å². The summed E-state index contributed by atoms with van der Waals surface area (Å²) >= 11 is 11.9. The molecule has 0 aromatic heterocycles. The van der Waals surface area contributed by atoms with Gasteiger partial charge >= 0.3 is 0 Å². The summed E-state index contributed by atoms with van der Waals surface area (Å²) in [7, 11) is 0. The van der Waals surface area contributed by atoms with Crippen LogP contribution in [0.15, 0.2) is 18.2 Å². The van der Waals surface area contributed by atoms with E-state index in [1.165, 1.54) is 0 Å². The second-order valence-corrected chi connectivity index (χ2v) is 5.02. The molecule has 0 spiro atoms. The third-order valence-electron chi connectivity index (χ3n) is 2.78. The van der Waals surface area contributed by atoms with Crippen LogP contribution in [0.4, 0.5) is 0 Å². The Morgan fingerprint density at radius 2 is 2.12 bits per heavy atom. The van der Waals surface area contributed by atoms with Crippen LogP contribution in [0.1, 0.15) is 12.0 Å². The van der Waals surface area contributed by atoms with Gasteiger partial charge < -0.3 is 5.32 Å². The Morgan fingerprint density at radius 3 is 2.75 bits per heavy atom. The predicted molar refractivity (Wildman–Crippen MR) is 66.1 cm³/mol. The van der Waals surface area contributed by atoms with Gasteiger partial charge in [0.05, 0.1) is 0 Å². The molecule has 2 nitrogen and oxygen atoms in total. The Kier molecular flexibility index (Phi) is 3.85. The van der Waals surface area contributed by atoms with E-state index in [9.17, 15) is 4.79 Å². The number of carbonyl (C=O) groups is 1. The average molecular weight is 258 g/mol. The lowest BCUT2D eigenvalue weighted by molar-refractivity contribution is -0.119. The lowest BCUT2D eigenvalue weighted by atomic mass is 9.94. The first kappa shape index (κ1) is 11.9. The standard InChI is InChI=1S/C12H13Cl2NO/c13-10-1-2-12(14)9(4-10)5-11(16)3-8-6-15-7-8/h1-2,4,8,15H,3,5-7H2. The molecule has 1 saturated heterocycles. The summed E-state index contributed by atoms with van der Waals surface area (Å²) in [5, 5.41) is 4.39. The zero-order valence-electron chi connectivity index (χ0n) is 8.80. The van der Waals surface area contributed by atoms with E-state index in [0.717, 1.165) is 18.7 Å². The maximum Gasteiger partial charge on any atom is 0.137 e. The number of carbonyl (C=O) groups excluding carboxylic acids is 1. The van der Waals surface area contributed by atoms with Gasteiger partial charge in [-0.1, -0.05) is 23.2 Å². The Labute approximate surface area is 105 Å². The molecular weight excluding hydrogens is 245 g/mol. The van der Waals surface area contributed by atoms with Gasteiger partial charge in [-0.3, -0.25) is 4.79 Å². The first-order valence-corrected chi connectivity index (χ1v) is 6.07. The van der Waals surface area contributed by atoms with Crippen LogP contribution in [-0.4, -0.2) is 18.9 Å². The molecule has 2 rings (SSSR count). The van der Waals surface area contributed by atoms with Crippen molar-refractivity contribution >= 4 is 29.0 Å². The zero-order valence-corrected chi connectivity index (χ0v) is 10.3. The number of Topliss-reactive ketones (excluding diaryl/α,β-unsaturated/α-hetero) is 1. The molecule has 86 valence electrons. The molecule has 1 heterocycles. The van der Waals surface area contributed by atoms with E-state index in [4.69, 9.17) is 23.2 Å². The molecule has 0 radical (unpaired) electrons. The Morgan fingerprint density at radius 1 is 1.38 bits per heavy atom. The summed E-state index contributed by atoms with van der Waals surface area (Å²) in [6.07, 6.45) is 1.02. The first-order valence-electron chi connectivity index (χ1n) is 5.31. The van der Waals surface area contributed by atoms with E-state index in [2.05, 4.69) is 5.32 Å². The molecule has 16 heavy (non-hydrogen) atoms. The van der Waals surface area contributed by atoms with Crippen molar-refractivity contribution < 1.29 is 4.79 Å². The maximum atomic E-state index is 11.7. The van der Waals surface area contributed by atoms with E-state index < -0.39 is 0 Å². The van der Waals surface area contributed by atoms with Crippen molar-refractivity contribution in [1.29, 1.82) is 0 Å². The lowest BCUT2D eigenvalue weighted by Gasteiger charge is -2.26. The molecule has 0 atom stereocenters. The van der Waals surface area contributed by atoms with E-state index in [-0.39, 0.29) is 5.78 Å². The summed E-state index contributed by atoms with van der Waals surface area (Å²) in [6.45, 7) is 1.91. The van der Waals surface area contributed by atoms with E-state index in [1.54, 1.807) is 18.2 Å². The second-order valence-electron chi connectivity index (χ2n) is 4.18. The molecule has 1 aromatic carbocycles. The third-order valence-corrected chi connectivity index (χ3v) is 3.38. The van der Waals surface area contributed by atoms with E-state index >= 15 is 0 Å². The van der Waals surface area contributed by atoms with Crippen LogP contribution in [-0.2, 0) is 11.2 Å². The summed E-state index contributed by atoms with van der Waals surface area (Å²) in [4.78, 5) is 11.7. The molecule has 1 aliphatic heterocycles. The molecule has 0 bridgehead atoms. The van der Waals surface area contributed by atoms with Crippen LogP contribution < -0.4 is 5.32 Å². The zero-order chi connectivity index (χ0) is 11.5. The van der Waals surface area contributed by atoms with Crippen LogP contribution in [0.25, 0.3) is 0 Å². The van der Waals surface area contributed by atoms with E-state index in [0.29, 0.717) is 28.8 Å². The highest BCUT2D eigenvalue weighted by Gasteiger charge is 2.20. The number of rotatable bonds is 4. The number of hydrogen-bond acceptors (Lipinski definition) is 2. The molecule has 1 aromatic rings. The molecule has 1 aliphatic rings. The molecule has 1 N–H and O–H groups in total. The SMILES string of the molecule is O=C(Cc1cc(Cl)ccc1Cl)CC1CNC1. The second kappa shape index (κ2) is 5.17. The average Bonchev–Trinajstić information content (AvgIpc) is 2.18. The highest BCUT2D eigenvalue weighted by Crippen LogP contribution is 2.22. The Bertz CT molecular complexity index is 402. The normalized spacial score (nSPS) is 15.9.